The minimum absolute atomic E-state index is 0.141. The summed E-state index contributed by atoms with van der Waals surface area (Å²) in [5.74, 6) is 0. The van der Waals surface area contributed by atoms with E-state index in [1.807, 2.05) is 42.5 Å². The minimum atomic E-state index is 0.141. The molecule has 0 aliphatic rings. The van der Waals surface area contributed by atoms with Crippen LogP contribution < -0.4 is 5.23 Å². The zero-order valence-corrected chi connectivity index (χ0v) is 8.04. The van der Waals surface area contributed by atoms with E-state index in [1.165, 1.54) is 0 Å². The lowest BCUT2D eigenvalue weighted by atomic mass is 10.0. The van der Waals surface area contributed by atoms with Gasteiger partial charge in [0.1, 0.15) is 5.69 Å². The summed E-state index contributed by atoms with van der Waals surface area (Å²) in [6, 6.07) is 16.7. The van der Waals surface area contributed by atoms with Gasteiger partial charge >= 0.3 is 0 Å². The van der Waals surface area contributed by atoms with Gasteiger partial charge in [-0.25, -0.2) is 0 Å². The summed E-state index contributed by atoms with van der Waals surface area (Å²) in [4.78, 5) is 0. The minimum Gasteiger partial charge on any atom is -0.264 e. The number of benzene rings is 2. The molecule has 0 bridgehead atoms. The van der Waals surface area contributed by atoms with Crippen molar-refractivity contribution < 1.29 is 10.4 Å². The Labute approximate surface area is 87.7 Å². The molecule has 0 spiro atoms. The molecule has 0 saturated carbocycles. The van der Waals surface area contributed by atoms with Crippen LogP contribution in [0.2, 0.25) is 0 Å². The third-order valence-corrected chi connectivity index (χ3v) is 2.20. The van der Waals surface area contributed by atoms with Crippen molar-refractivity contribution in [2.75, 3.05) is 5.23 Å². The third kappa shape index (κ3) is 1.98. The number of para-hydroxylation sites is 1. The SMILES string of the molecule is ON(O)c1ccccc1-c1ccccc1. The smallest absolute Gasteiger partial charge is 0.102 e. The van der Waals surface area contributed by atoms with Crippen LogP contribution in [0.4, 0.5) is 5.69 Å². The molecule has 0 fully saturated rings. The van der Waals surface area contributed by atoms with Gasteiger partial charge in [-0.3, -0.25) is 10.4 Å². The molecular weight excluding hydrogens is 190 g/mol. The topological polar surface area (TPSA) is 43.7 Å². The van der Waals surface area contributed by atoms with Crippen LogP contribution in [0.15, 0.2) is 54.6 Å². The molecular formula is C12H11NO2. The summed E-state index contributed by atoms with van der Waals surface area (Å²) >= 11 is 0. The van der Waals surface area contributed by atoms with Gasteiger partial charge in [-0.15, -0.1) is 5.23 Å². The van der Waals surface area contributed by atoms with E-state index in [1.54, 1.807) is 12.1 Å². The van der Waals surface area contributed by atoms with Gasteiger partial charge in [0.05, 0.1) is 0 Å². The Kier molecular flexibility index (Phi) is 2.67. The largest absolute Gasteiger partial charge is 0.264 e. The molecule has 15 heavy (non-hydrogen) atoms. The number of anilines is 1. The van der Waals surface area contributed by atoms with Crippen molar-refractivity contribution >= 4 is 5.69 Å². The Morgan fingerprint density at radius 1 is 0.733 bits per heavy atom. The summed E-state index contributed by atoms with van der Waals surface area (Å²) < 4.78 is 0. The zero-order chi connectivity index (χ0) is 10.7. The molecule has 0 aliphatic carbocycles. The molecule has 2 N–H and O–H groups in total. The summed E-state index contributed by atoms with van der Waals surface area (Å²) in [6.45, 7) is 0. The molecule has 0 amide bonds. The molecule has 2 aromatic rings. The van der Waals surface area contributed by atoms with E-state index in [9.17, 15) is 0 Å². The van der Waals surface area contributed by atoms with Gasteiger partial charge in [0.2, 0.25) is 0 Å². The van der Waals surface area contributed by atoms with Crippen molar-refractivity contribution in [3.8, 4) is 11.1 Å². The molecule has 3 nitrogen and oxygen atoms in total. The Morgan fingerprint density at radius 2 is 1.33 bits per heavy atom. The average Bonchev–Trinajstić information content (AvgIpc) is 2.30. The lowest BCUT2D eigenvalue weighted by Gasteiger charge is -2.13. The van der Waals surface area contributed by atoms with Crippen molar-refractivity contribution in [2.45, 2.75) is 0 Å². The number of nitrogens with zero attached hydrogens (tertiary/aromatic N) is 1. The van der Waals surface area contributed by atoms with E-state index in [-0.39, 0.29) is 5.23 Å². The highest BCUT2D eigenvalue weighted by molar-refractivity contribution is 5.77. The highest BCUT2D eigenvalue weighted by atomic mass is 16.8. The molecule has 76 valence electrons. The highest BCUT2D eigenvalue weighted by Gasteiger charge is 2.07. The number of hydrogen-bond donors (Lipinski definition) is 2. The number of hydrogen-bond acceptors (Lipinski definition) is 3. The van der Waals surface area contributed by atoms with Gasteiger partial charge < -0.3 is 0 Å². The van der Waals surface area contributed by atoms with E-state index < -0.39 is 0 Å². The van der Waals surface area contributed by atoms with Crippen LogP contribution >= 0.6 is 0 Å². The fourth-order valence-electron chi connectivity index (χ4n) is 1.51. The van der Waals surface area contributed by atoms with Gasteiger partial charge in [-0.1, -0.05) is 48.5 Å². The monoisotopic (exact) mass is 201 g/mol. The molecule has 3 heteroatoms. The Bertz CT molecular complexity index is 440. The molecule has 2 aromatic carbocycles. The van der Waals surface area contributed by atoms with Crippen LogP contribution in [0, 0.1) is 0 Å². The Balaban J connectivity index is 2.53. The molecule has 0 aromatic heterocycles. The summed E-state index contributed by atoms with van der Waals surface area (Å²) in [6.07, 6.45) is 0. The van der Waals surface area contributed by atoms with E-state index in [0.717, 1.165) is 11.1 Å². The Morgan fingerprint density at radius 3 is 2.00 bits per heavy atom. The molecule has 0 unspecified atom stereocenters. The second-order valence-corrected chi connectivity index (χ2v) is 3.17. The first-order valence-electron chi connectivity index (χ1n) is 4.61. The average molecular weight is 201 g/mol. The van der Waals surface area contributed by atoms with E-state index in [0.29, 0.717) is 5.69 Å². The van der Waals surface area contributed by atoms with Gasteiger partial charge in [-0.05, 0) is 11.6 Å². The van der Waals surface area contributed by atoms with E-state index >= 15 is 0 Å². The van der Waals surface area contributed by atoms with Crippen LogP contribution in [0.3, 0.4) is 0 Å². The van der Waals surface area contributed by atoms with Gasteiger partial charge in [0, 0.05) is 5.56 Å². The quantitative estimate of drug-likeness (QED) is 0.734. The molecule has 0 aliphatic heterocycles. The zero-order valence-electron chi connectivity index (χ0n) is 8.04. The molecule has 0 saturated heterocycles. The second-order valence-electron chi connectivity index (χ2n) is 3.17. The van der Waals surface area contributed by atoms with Crippen LogP contribution in [0.25, 0.3) is 11.1 Å². The predicted molar refractivity (Wildman–Crippen MR) is 57.9 cm³/mol. The number of rotatable bonds is 2. The maximum absolute atomic E-state index is 9.05. The van der Waals surface area contributed by atoms with E-state index in [4.69, 9.17) is 10.4 Å². The molecule has 2 rings (SSSR count). The second kappa shape index (κ2) is 4.13. The summed E-state index contributed by atoms with van der Waals surface area (Å²) in [5.41, 5.74) is 2.09. The third-order valence-electron chi connectivity index (χ3n) is 2.20. The lowest BCUT2D eigenvalue weighted by molar-refractivity contribution is 0.0295. The van der Waals surface area contributed by atoms with Gasteiger partial charge in [-0.2, -0.15) is 0 Å². The van der Waals surface area contributed by atoms with Crippen molar-refractivity contribution in [1.29, 1.82) is 0 Å². The van der Waals surface area contributed by atoms with Crippen molar-refractivity contribution in [2.24, 2.45) is 0 Å². The maximum Gasteiger partial charge on any atom is 0.102 e. The highest BCUT2D eigenvalue weighted by Crippen LogP contribution is 2.28. The summed E-state index contributed by atoms with van der Waals surface area (Å²) in [5, 5.41) is 18.3. The molecule has 0 heterocycles. The van der Waals surface area contributed by atoms with Crippen LogP contribution in [-0.2, 0) is 0 Å². The first kappa shape index (κ1) is 9.71. The first-order valence-corrected chi connectivity index (χ1v) is 4.61. The van der Waals surface area contributed by atoms with Crippen LogP contribution in [0.5, 0.6) is 0 Å². The fourth-order valence-corrected chi connectivity index (χ4v) is 1.51. The maximum atomic E-state index is 9.05. The standard InChI is InChI=1S/C12H11NO2/c14-13(15)12-9-5-4-8-11(12)10-6-2-1-3-7-10/h1-9,14-15H. The van der Waals surface area contributed by atoms with Gasteiger partial charge in [0.25, 0.3) is 0 Å². The van der Waals surface area contributed by atoms with Crippen LogP contribution in [0.1, 0.15) is 0 Å². The fraction of sp³-hybridized carbons (Fsp3) is 0. The predicted octanol–water partition coefficient (Wildman–Crippen LogP) is 2.94. The Hall–Kier alpha value is -1.84. The van der Waals surface area contributed by atoms with Crippen molar-refractivity contribution in [3.05, 3.63) is 54.6 Å². The molecule has 0 radical (unpaired) electrons. The lowest BCUT2D eigenvalue weighted by Crippen LogP contribution is -2.11. The van der Waals surface area contributed by atoms with Crippen molar-refractivity contribution in [1.82, 2.24) is 0 Å². The summed E-state index contributed by atoms with van der Waals surface area (Å²) in [7, 11) is 0. The van der Waals surface area contributed by atoms with Crippen LogP contribution in [-0.4, -0.2) is 10.4 Å². The molecule has 0 atom stereocenters. The van der Waals surface area contributed by atoms with E-state index in [2.05, 4.69) is 0 Å². The first-order chi connectivity index (χ1) is 7.29. The normalized spacial score (nSPS) is 10.0. The van der Waals surface area contributed by atoms with Gasteiger partial charge in [0.15, 0.2) is 0 Å². The van der Waals surface area contributed by atoms with Crippen molar-refractivity contribution in [3.63, 3.8) is 0 Å².